The van der Waals surface area contributed by atoms with Crippen molar-refractivity contribution in [1.82, 2.24) is 9.47 Å². The molecule has 0 atom stereocenters. The normalized spacial score (nSPS) is 18.9. The summed E-state index contributed by atoms with van der Waals surface area (Å²) in [6.07, 6.45) is 3.55. The molecule has 2 aromatic rings. The zero-order valence-electron chi connectivity index (χ0n) is 18.8. The first-order valence-electron chi connectivity index (χ1n) is 10.7. The number of aromatic nitrogens is 1. The zero-order valence-corrected chi connectivity index (χ0v) is 22.0. The zero-order chi connectivity index (χ0) is 23.7. The average Bonchev–Trinajstić information content (AvgIpc) is 3.43. The van der Waals surface area contributed by atoms with E-state index in [1.165, 1.54) is 23.1 Å². The Hall–Kier alpha value is -2.01. The van der Waals surface area contributed by atoms with Gasteiger partial charge in [0, 0.05) is 30.6 Å². The van der Waals surface area contributed by atoms with Crippen LogP contribution in [0, 0.1) is 0 Å². The van der Waals surface area contributed by atoms with Gasteiger partial charge in [0.25, 0.3) is 11.5 Å². The Bertz CT molecular complexity index is 1310. The van der Waals surface area contributed by atoms with Gasteiger partial charge in [0.1, 0.15) is 29.2 Å². The molecule has 2 aliphatic heterocycles. The van der Waals surface area contributed by atoms with E-state index in [0.717, 1.165) is 34.2 Å². The lowest BCUT2D eigenvalue weighted by molar-refractivity contribution is -0.120. The Kier molecular flexibility index (Phi) is 7.37. The number of ether oxygens (including phenoxy) is 1. The van der Waals surface area contributed by atoms with Crippen LogP contribution in [0.15, 0.2) is 40.5 Å². The lowest BCUT2D eigenvalue weighted by Gasteiger charge is -2.17. The second kappa shape index (κ2) is 10.1. The highest BCUT2D eigenvalue weighted by Crippen LogP contribution is 2.47. The molecular weight excluding hydrogens is 495 g/mol. The number of thioether (sulfide) groups is 2. The number of hydrogen-bond acceptors (Lipinski definition) is 8. The maximum atomic E-state index is 13.6. The van der Waals surface area contributed by atoms with Gasteiger partial charge in [-0.1, -0.05) is 55.2 Å². The number of hydrogen-bond donors (Lipinski definition) is 0. The topological polar surface area (TPSA) is 54.8 Å². The molecule has 2 aliphatic rings. The van der Waals surface area contributed by atoms with E-state index < -0.39 is 0 Å². The molecule has 6 nitrogen and oxygen atoms in total. The van der Waals surface area contributed by atoms with Gasteiger partial charge in [-0.05, 0) is 25.5 Å². The van der Waals surface area contributed by atoms with Gasteiger partial charge in [-0.2, -0.15) is 0 Å². The van der Waals surface area contributed by atoms with Crippen LogP contribution < -0.4 is 24.4 Å². The van der Waals surface area contributed by atoms with Crippen molar-refractivity contribution in [3.63, 3.8) is 0 Å². The van der Waals surface area contributed by atoms with Crippen molar-refractivity contribution in [2.45, 2.75) is 38.1 Å². The fraction of sp³-hybridized carbons (Fsp3) is 0.348. The smallest absolute Gasteiger partial charge is 0.272 e. The quantitative estimate of drug-likeness (QED) is 0.410. The van der Waals surface area contributed by atoms with Crippen LogP contribution in [0.1, 0.15) is 26.7 Å². The lowest BCUT2D eigenvalue weighted by Crippen LogP contribution is -2.35. The number of carbonyl (C=O) groups excluding carboxylic acids is 1. The number of anilines is 1. The van der Waals surface area contributed by atoms with Crippen LogP contribution in [-0.4, -0.2) is 39.9 Å². The number of benzene rings is 1. The molecule has 1 amide bonds. The van der Waals surface area contributed by atoms with E-state index in [1.54, 1.807) is 34.4 Å². The molecule has 0 N–H and O–H groups in total. The molecule has 1 fully saturated rings. The lowest BCUT2D eigenvalue weighted by atomic mass is 10.2. The number of fused-ring (bicyclic) bond motifs is 1. The molecule has 0 radical (unpaired) electrons. The standard InChI is InChI=1S/C23H25N3O3S4/c1-5-8-12-26-20(28)18(33-23(26)30)22-25(11-6-2)19(27)17(32-22)21-24(7-3)15-13-14(29-4)9-10-16(15)31-21/h6,9-10,13H,2,5,7-8,11-12H2,1,3-4H3/b21-17-,22-18-. The van der Waals surface area contributed by atoms with Gasteiger partial charge in [0.2, 0.25) is 0 Å². The van der Waals surface area contributed by atoms with Crippen molar-refractivity contribution in [2.24, 2.45) is 0 Å². The van der Waals surface area contributed by atoms with E-state index in [1.807, 2.05) is 18.2 Å². The molecule has 0 spiro atoms. The van der Waals surface area contributed by atoms with Gasteiger partial charge < -0.3 is 9.64 Å². The summed E-state index contributed by atoms with van der Waals surface area (Å²) < 4.78 is 8.85. The average molecular weight is 520 g/mol. The number of nitrogens with zero attached hydrogens (tertiary/aromatic N) is 3. The third-order valence-electron chi connectivity index (χ3n) is 5.39. The number of allylic oxidation sites excluding steroid dienone is 1. The Labute approximate surface area is 210 Å². The third-order valence-corrected chi connectivity index (χ3v) is 9.46. The number of thiazole rings is 1. The number of rotatable bonds is 7. The first-order valence-corrected chi connectivity index (χ1v) is 13.6. The molecule has 1 aromatic carbocycles. The van der Waals surface area contributed by atoms with Crippen molar-refractivity contribution in [1.29, 1.82) is 0 Å². The largest absolute Gasteiger partial charge is 0.497 e. The summed E-state index contributed by atoms with van der Waals surface area (Å²) in [4.78, 5) is 32.1. The summed E-state index contributed by atoms with van der Waals surface area (Å²) in [6, 6.07) is 5.93. The molecule has 0 unspecified atom stereocenters. The van der Waals surface area contributed by atoms with Gasteiger partial charge in [0.15, 0.2) is 0 Å². The molecule has 1 aromatic heterocycles. The minimum Gasteiger partial charge on any atom is -0.497 e. The highest BCUT2D eigenvalue weighted by atomic mass is 32.2. The number of amides is 1. The molecule has 174 valence electrons. The van der Waals surface area contributed by atoms with Crippen molar-refractivity contribution in [2.75, 3.05) is 25.1 Å². The van der Waals surface area contributed by atoms with Crippen LogP contribution >= 0.6 is 47.1 Å². The summed E-state index contributed by atoms with van der Waals surface area (Å²) in [7, 11) is 1.64. The van der Waals surface area contributed by atoms with E-state index in [0.29, 0.717) is 38.1 Å². The first kappa shape index (κ1) is 24.1. The Morgan fingerprint density at radius 3 is 2.64 bits per heavy atom. The second-order valence-corrected chi connectivity index (χ2v) is 11.1. The van der Waals surface area contributed by atoms with Crippen LogP contribution in [0.3, 0.4) is 0 Å². The SMILES string of the molecule is C=CCn1c(=O)/c(=C2/Sc3ccc(OC)cc3N2CC)s/c1=C1\SC(=S)N(CCCC)C1=O. The van der Waals surface area contributed by atoms with Gasteiger partial charge >= 0.3 is 0 Å². The van der Waals surface area contributed by atoms with Gasteiger partial charge in [-0.25, -0.2) is 0 Å². The van der Waals surface area contributed by atoms with Crippen LogP contribution in [0.25, 0.3) is 9.93 Å². The second-order valence-electron chi connectivity index (χ2n) is 7.43. The number of carbonyl (C=O) groups is 1. The Morgan fingerprint density at radius 1 is 1.18 bits per heavy atom. The van der Waals surface area contributed by atoms with Crippen molar-refractivity contribution in [3.8, 4) is 5.75 Å². The summed E-state index contributed by atoms with van der Waals surface area (Å²) in [5.41, 5.74) is 0.904. The van der Waals surface area contributed by atoms with Crippen LogP contribution in [0.5, 0.6) is 5.75 Å². The van der Waals surface area contributed by atoms with Crippen molar-refractivity contribution < 1.29 is 9.53 Å². The predicted octanol–water partition coefficient (Wildman–Crippen LogP) is 3.57. The van der Waals surface area contributed by atoms with Crippen LogP contribution in [-0.2, 0) is 11.3 Å². The van der Waals surface area contributed by atoms with E-state index in [4.69, 9.17) is 17.0 Å². The number of unbranched alkanes of at least 4 members (excludes halogenated alkanes) is 1. The van der Waals surface area contributed by atoms with E-state index in [2.05, 4.69) is 25.3 Å². The Morgan fingerprint density at radius 2 is 1.97 bits per heavy atom. The predicted molar refractivity (Wildman–Crippen MR) is 144 cm³/mol. The monoisotopic (exact) mass is 519 g/mol. The van der Waals surface area contributed by atoms with Gasteiger partial charge in [-0.15, -0.1) is 17.9 Å². The maximum absolute atomic E-state index is 13.6. The third kappa shape index (κ3) is 4.29. The number of thiocarbonyl (C=S) groups is 1. The molecule has 33 heavy (non-hydrogen) atoms. The van der Waals surface area contributed by atoms with Crippen molar-refractivity contribution >= 4 is 72.9 Å². The minimum atomic E-state index is -0.117. The highest BCUT2D eigenvalue weighted by Gasteiger charge is 2.34. The van der Waals surface area contributed by atoms with Gasteiger partial charge in [-0.3, -0.25) is 19.1 Å². The summed E-state index contributed by atoms with van der Waals surface area (Å²) in [5, 5.41) is 0.876. The van der Waals surface area contributed by atoms with E-state index in [-0.39, 0.29) is 11.5 Å². The molecule has 1 saturated heterocycles. The molecule has 10 heteroatoms. The van der Waals surface area contributed by atoms with Crippen molar-refractivity contribution in [3.05, 3.63) is 50.4 Å². The molecule has 0 bridgehead atoms. The van der Waals surface area contributed by atoms with E-state index >= 15 is 0 Å². The molecule has 4 rings (SSSR count). The maximum Gasteiger partial charge on any atom is 0.272 e. The molecule has 3 heterocycles. The molecular formula is C23H25N3O3S4. The van der Waals surface area contributed by atoms with Gasteiger partial charge in [0.05, 0.1) is 12.8 Å². The minimum absolute atomic E-state index is 0.116. The summed E-state index contributed by atoms with van der Waals surface area (Å²) in [5.74, 6) is 0.655. The summed E-state index contributed by atoms with van der Waals surface area (Å²) in [6.45, 7) is 9.59. The number of methoxy groups -OCH3 is 1. The Balaban J connectivity index is 1.92. The first-order chi connectivity index (χ1) is 15.9. The van der Waals surface area contributed by atoms with Crippen LogP contribution in [0.2, 0.25) is 0 Å². The molecule has 0 saturated carbocycles. The summed E-state index contributed by atoms with van der Waals surface area (Å²) >= 11 is 9.70. The fourth-order valence-electron chi connectivity index (χ4n) is 3.72. The van der Waals surface area contributed by atoms with Crippen LogP contribution in [0.4, 0.5) is 5.69 Å². The highest BCUT2D eigenvalue weighted by molar-refractivity contribution is 8.30. The van der Waals surface area contributed by atoms with E-state index in [9.17, 15) is 9.59 Å². The fourth-order valence-corrected chi connectivity index (χ4v) is 7.67. The molecule has 0 aliphatic carbocycles.